The topological polar surface area (TPSA) is 43.4 Å². The van der Waals surface area contributed by atoms with Gasteiger partial charge in [0.1, 0.15) is 0 Å². The summed E-state index contributed by atoms with van der Waals surface area (Å²) < 4.78 is 4.58. The molecule has 1 heterocycles. The lowest BCUT2D eigenvalue weighted by molar-refractivity contribution is -0.159. The maximum absolute atomic E-state index is 11.2. The number of hydrogen-bond acceptors (Lipinski definition) is 3. The molecule has 1 aliphatic rings. The van der Waals surface area contributed by atoms with Crippen molar-refractivity contribution < 1.29 is 14.3 Å². The summed E-state index contributed by atoms with van der Waals surface area (Å²) in [4.78, 5) is 22.1. The number of ether oxygens (including phenoxy) is 1. The summed E-state index contributed by atoms with van der Waals surface area (Å²) in [5.41, 5.74) is 1.09. The summed E-state index contributed by atoms with van der Waals surface area (Å²) in [5, 5.41) is 0. The van der Waals surface area contributed by atoms with Crippen LogP contribution in [0.15, 0.2) is 11.6 Å². The third kappa shape index (κ3) is 3.73. The van der Waals surface area contributed by atoms with Crippen molar-refractivity contribution in [1.82, 2.24) is 0 Å². The maximum atomic E-state index is 11.2. The van der Waals surface area contributed by atoms with Crippen LogP contribution in [0.4, 0.5) is 0 Å². The summed E-state index contributed by atoms with van der Waals surface area (Å²) in [6.45, 7) is 4.21. The first-order chi connectivity index (χ1) is 6.58. The van der Waals surface area contributed by atoms with Gasteiger partial charge in [-0.2, -0.15) is 0 Å². The second-order valence-electron chi connectivity index (χ2n) is 4.02. The number of cyclic esters (lactones) is 2. The Morgan fingerprint density at radius 3 is 2.71 bits per heavy atom. The van der Waals surface area contributed by atoms with Gasteiger partial charge in [0.2, 0.25) is 0 Å². The molecule has 0 spiro atoms. The number of carbonyl (C=O) groups excluding carboxylic acids is 2. The Labute approximate surface area is 84.1 Å². The lowest BCUT2D eigenvalue weighted by Crippen LogP contribution is -2.15. The van der Waals surface area contributed by atoms with Crippen molar-refractivity contribution in [2.75, 3.05) is 0 Å². The molecular weight excluding hydrogens is 180 g/mol. The van der Waals surface area contributed by atoms with Gasteiger partial charge in [0.15, 0.2) is 0 Å². The first kappa shape index (κ1) is 11.0. The number of hydrogen-bond donors (Lipinski definition) is 0. The van der Waals surface area contributed by atoms with Crippen molar-refractivity contribution >= 4 is 11.9 Å². The summed E-state index contributed by atoms with van der Waals surface area (Å²) in [6.07, 6.45) is 4.17. The zero-order valence-electron chi connectivity index (χ0n) is 8.71. The van der Waals surface area contributed by atoms with Crippen LogP contribution in [0.5, 0.6) is 0 Å². The zero-order chi connectivity index (χ0) is 10.6. The molecule has 0 aromatic rings. The summed E-state index contributed by atoms with van der Waals surface area (Å²) in [5.74, 6) is -0.291. The van der Waals surface area contributed by atoms with Crippen molar-refractivity contribution in [1.29, 1.82) is 0 Å². The molecule has 1 aliphatic heterocycles. The first-order valence-corrected chi connectivity index (χ1v) is 4.99. The fourth-order valence-electron chi connectivity index (χ4n) is 1.55. The van der Waals surface area contributed by atoms with Crippen molar-refractivity contribution in [2.45, 2.75) is 39.5 Å². The minimum absolute atomic E-state index is 0.268. The molecule has 0 amide bonds. The van der Waals surface area contributed by atoms with Crippen LogP contribution in [-0.2, 0) is 14.3 Å². The van der Waals surface area contributed by atoms with E-state index in [4.69, 9.17) is 0 Å². The Balaban J connectivity index is 2.61. The highest BCUT2D eigenvalue weighted by molar-refractivity contribution is 5.87. The van der Waals surface area contributed by atoms with E-state index >= 15 is 0 Å². The molecule has 3 heteroatoms. The minimum Gasteiger partial charge on any atom is -0.393 e. The number of allylic oxidation sites excluding steroid dienone is 1. The lowest BCUT2D eigenvalue weighted by Gasteiger charge is -2.12. The van der Waals surface area contributed by atoms with Crippen LogP contribution in [0.1, 0.15) is 39.5 Å². The highest BCUT2D eigenvalue weighted by Crippen LogP contribution is 2.18. The molecule has 0 aliphatic carbocycles. The van der Waals surface area contributed by atoms with Crippen molar-refractivity contribution in [2.24, 2.45) is 5.92 Å². The average molecular weight is 196 g/mol. The Morgan fingerprint density at radius 2 is 2.07 bits per heavy atom. The Bertz CT molecular complexity index is 264. The smallest absolute Gasteiger partial charge is 0.317 e. The van der Waals surface area contributed by atoms with E-state index in [0.717, 1.165) is 12.0 Å². The molecule has 1 rings (SSSR count). The highest BCUT2D eigenvalue weighted by Gasteiger charge is 2.15. The molecule has 0 N–H and O–H groups in total. The molecule has 0 bridgehead atoms. The number of esters is 2. The normalized spacial score (nSPS) is 18.6. The van der Waals surface area contributed by atoms with Gasteiger partial charge < -0.3 is 4.74 Å². The average Bonchev–Trinajstić information content (AvgIpc) is 1.99. The molecule has 0 saturated heterocycles. The third-order valence-corrected chi connectivity index (χ3v) is 2.05. The molecule has 3 nitrogen and oxygen atoms in total. The maximum Gasteiger partial charge on any atom is 0.317 e. The van der Waals surface area contributed by atoms with Gasteiger partial charge in [-0.15, -0.1) is 0 Å². The highest BCUT2D eigenvalue weighted by atomic mass is 16.6. The molecule has 0 aromatic carbocycles. The molecule has 0 aromatic heterocycles. The number of rotatable bonds is 2. The molecular formula is C11H16O3. The van der Waals surface area contributed by atoms with Crippen molar-refractivity contribution in [3.63, 3.8) is 0 Å². The Kier molecular flexibility index (Phi) is 3.86. The minimum atomic E-state index is -0.415. The van der Waals surface area contributed by atoms with E-state index < -0.39 is 11.9 Å². The quantitative estimate of drug-likeness (QED) is 0.386. The van der Waals surface area contributed by atoms with E-state index in [9.17, 15) is 9.59 Å². The molecule has 78 valence electrons. The zero-order valence-corrected chi connectivity index (χ0v) is 8.71. The van der Waals surface area contributed by atoms with E-state index in [1.54, 1.807) is 0 Å². The fourth-order valence-corrected chi connectivity index (χ4v) is 1.55. The van der Waals surface area contributed by atoms with Crippen LogP contribution in [0.2, 0.25) is 0 Å². The molecule has 0 atom stereocenters. The van der Waals surface area contributed by atoms with Gasteiger partial charge in [-0.25, -0.2) is 0 Å². The van der Waals surface area contributed by atoms with Gasteiger partial charge in [0, 0.05) is 6.42 Å². The van der Waals surface area contributed by atoms with Crippen LogP contribution < -0.4 is 0 Å². The van der Waals surface area contributed by atoms with E-state index in [2.05, 4.69) is 18.6 Å². The van der Waals surface area contributed by atoms with Crippen molar-refractivity contribution in [3.05, 3.63) is 11.6 Å². The first-order valence-electron chi connectivity index (χ1n) is 4.99. The fraction of sp³-hybridized carbons (Fsp3) is 0.636. The molecule has 0 unspecified atom stereocenters. The Morgan fingerprint density at radius 1 is 1.36 bits per heavy atom. The number of carbonyl (C=O) groups is 2. The van der Waals surface area contributed by atoms with Crippen LogP contribution >= 0.6 is 0 Å². The predicted octanol–water partition coefficient (Wildman–Crippen LogP) is 2.21. The van der Waals surface area contributed by atoms with E-state index in [-0.39, 0.29) is 6.42 Å². The summed E-state index contributed by atoms with van der Waals surface area (Å²) in [6, 6.07) is 0. The van der Waals surface area contributed by atoms with Crippen LogP contribution in [0.3, 0.4) is 0 Å². The molecule has 0 fully saturated rings. The van der Waals surface area contributed by atoms with Gasteiger partial charge in [-0.3, -0.25) is 9.59 Å². The van der Waals surface area contributed by atoms with Gasteiger partial charge in [0.25, 0.3) is 0 Å². The van der Waals surface area contributed by atoms with E-state index in [1.165, 1.54) is 0 Å². The van der Waals surface area contributed by atoms with Gasteiger partial charge in [-0.05, 0) is 18.8 Å². The molecule has 0 saturated carbocycles. The second-order valence-corrected chi connectivity index (χ2v) is 4.02. The lowest BCUT2D eigenvalue weighted by atomic mass is 9.98. The molecule has 0 radical (unpaired) electrons. The van der Waals surface area contributed by atoms with Crippen LogP contribution in [-0.4, -0.2) is 11.9 Å². The van der Waals surface area contributed by atoms with E-state index in [1.807, 2.05) is 6.08 Å². The Hall–Kier alpha value is -1.12. The standard InChI is InChI=1S/C11H16O3/c1-8(2)6-9-4-3-5-10(12)14-11(13)7-9/h4,8H,3,5-7H2,1-2H3. The van der Waals surface area contributed by atoms with Gasteiger partial charge >= 0.3 is 11.9 Å². The van der Waals surface area contributed by atoms with Gasteiger partial charge in [0.05, 0.1) is 6.42 Å². The third-order valence-electron chi connectivity index (χ3n) is 2.05. The van der Waals surface area contributed by atoms with Crippen molar-refractivity contribution in [3.8, 4) is 0 Å². The van der Waals surface area contributed by atoms with Gasteiger partial charge in [-0.1, -0.05) is 25.5 Å². The SMILES string of the molecule is CC(C)CC1=CCCC(=O)OC(=O)C1. The van der Waals surface area contributed by atoms with E-state index in [0.29, 0.717) is 18.8 Å². The van der Waals surface area contributed by atoms with Crippen LogP contribution in [0, 0.1) is 5.92 Å². The summed E-state index contributed by atoms with van der Waals surface area (Å²) >= 11 is 0. The largest absolute Gasteiger partial charge is 0.393 e. The predicted molar refractivity (Wildman–Crippen MR) is 52.5 cm³/mol. The second kappa shape index (κ2) is 4.94. The van der Waals surface area contributed by atoms with Crippen LogP contribution in [0.25, 0.3) is 0 Å². The summed E-state index contributed by atoms with van der Waals surface area (Å²) in [7, 11) is 0. The monoisotopic (exact) mass is 196 g/mol. The molecule has 14 heavy (non-hydrogen) atoms.